The largest absolute Gasteiger partial charge is 0.495 e. The van der Waals surface area contributed by atoms with Crippen LogP contribution in [0.2, 0.25) is 0 Å². The number of thiazole rings is 1. The standard InChI is InChI=1S/C23H26N4O4S2/c1-17-8-9-18(16-21(17)33(29,30)25-19-6-3-4-7-20(19)31-2)22(28)26-11-5-12-27(14-13-26)23-24-10-15-32-23/h3-4,6-10,15-16,25H,5,11-14H2,1-2H3. The quantitative estimate of drug-likeness (QED) is 0.572. The van der Waals surface area contributed by atoms with Crippen LogP contribution in [0.4, 0.5) is 10.8 Å². The number of rotatable bonds is 6. The molecule has 2 heterocycles. The van der Waals surface area contributed by atoms with Crippen molar-refractivity contribution < 1.29 is 17.9 Å². The Morgan fingerprint density at radius 2 is 1.94 bits per heavy atom. The lowest BCUT2D eigenvalue weighted by atomic mass is 10.1. The van der Waals surface area contributed by atoms with Crippen molar-refractivity contribution >= 4 is 38.1 Å². The predicted molar refractivity (Wildman–Crippen MR) is 130 cm³/mol. The van der Waals surface area contributed by atoms with Crippen LogP contribution in [0.3, 0.4) is 0 Å². The molecule has 1 aliphatic rings. The molecular weight excluding hydrogens is 460 g/mol. The highest BCUT2D eigenvalue weighted by atomic mass is 32.2. The van der Waals surface area contributed by atoms with Gasteiger partial charge < -0.3 is 14.5 Å². The fourth-order valence-electron chi connectivity index (χ4n) is 3.82. The average Bonchev–Trinajstić information content (AvgIpc) is 3.23. The van der Waals surface area contributed by atoms with Gasteiger partial charge in [0, 0.05) is 43.3 Å². The number of methoxy groups -OCH3 is 1. The van der Waals surface area contributed by atoms with E-state index in [1.54, 1.807) is 65.8 Å². The number of aromatic nitrogens is 1. The van der Waals surface area contributed by atoms with E-state index in [-0.39, 0.29) is 10.8 Å². The molecule has 0 unspecified atom stereocenters. The Hall–Kier alpha value is -3.11. The van der Waals surface area contributed by atoms with Gasteiger partial charge in [0.15, 0.2) is 5.13 Å². The van der Waals surface area contributed by atoms with Gasteiger partial charge in [-0.2, -0.15) is 0 Å². The van der Waals surface area contributed by atoms with Gasteiger partial charge in [-0.1, -0.05) is 18.2 Å². The summed E-state index contributed by atoms with van der Waals surface area (Å²) in [6, 6.07) is 11.6. The molecule has 33 heavy (non-hydrogen) atoms. The van der Waals surface area contributed by atoms with E-state index in [2.05, 4.69) is 14.6 Å². The van der Waals surface area contributed by atoms with Gasteiger partial charge in [0.05, 0.1) is 17.7 Å². The van der Waals surface area contributed by atoms with Gasteiger partial charge in [0.1, 0.15) is 5.75 Å². The Labute approximate surface area is 197 Å². The van der Waals surface area contributed by atoms with E-state index in [1.165, 1.54) is 13.2 Å². The van der Waals surface area contributed by atoms with E-state index in [9.17, 15) is 13.2 Å². The molecule has 1 fully saturated rings. The van der Waals surface area contributed by atoms with E-state index in [0.29, 0.717) is 42.2 Å². The lowest BCUT2D eigenvalue weighted by molar-refractivity contribution is 0.0766. The lowest BCUT2D eigenvalue weighted by Crippen LogP contribution is -2.35. The molecule has 1 amide bonds. The molecular formula is C23H26N4O4S2. The maximum Gasteiger partial charge on any atom is 0.262 e. The van der Waals surface area contributed by atoms with Crippen molar-refractivity contribution in [2.45, 2.75) is 18.2 Å². The number of hydrogen-bond donors (Lipinski definition) is 1. The number of nitrogens with zero attached hydrogens (tertiary/aromatic N) is 3. The lowest BCUT2D eigenvalue weighted by Gasteiger charge is -2.22. The smallest absolute Gasteiger partial charge is 0.262 e. The summed E-state index contributed by atoms with van der Waals surface area (Å²) in [7, 11) is -2.44. The zero-order valence-electron chi connectivity index (χ0n) is 18.5. The Kier molecular flexibility index (Phi) is 6.85. The van der Waals surface area contributed by atoms with Crippen molar-refractivity contribution in [3.63, 3.8) is 0 Å². The van der Waals surface area contributed by atoms with Crippen LogP contribution >= 0.6 is 11.3 Å². The third-order valence-corrected chi connectivity index (χ3v) is 7.89. The SMILES string of the molecule is COc1ccccc1NS(=O)(=O)c1cc(C(=O)N2CCCN(c3nccs3)CC2)ccc1C. The number of ether oxygens (including phenoxy) is 1. The van der Waals surface area contributed by atoms with Gasteiger partial charge in [-0.3, -0.25) is 9.52 Å². The fourth-order valence-corrected chi connectivity index (χ4v) is 5.86. The molecule has 174 valence electrons. The Morgan fingerprint density at radius 3 is 2.70 bits per heavy atom. The molecule has 1 aromatic heterocycles. The molecule has 0 atom stereocenters. The van der Waals surface area contributed by atoms with Crippen molar-refractivity contribution in [3.8, 4) is 5.75 Å². The van der Waals surface area contributed by atoms with E-state index in [0.717, 1.165) is 18.1 Å². The summed E-state index contributed by atoms with van der Waals surface area (Å²) in [5.74, 6) is 0.241. The van der Waals surface area contributed by atoms with E-state index >= 15 is 0 Å². The van der Waals surface area contributed by atoms with E-state index in [1.807, 2.05) is 5.38 Å². The van der Waals surface area contributed by atoms with Crippen LogP contribution in [0.5, 0.6) is 5.75 Å². The third-order valence-electron chi connectivity index (χ3n) is 5.55. The van der Waals surface area contributed by atoms with Gasteiger partial charge in [-0.15, -0.1) is 11.3 Å². The van der Waals surface area contributed by atoms with Gasteiger partial charge in [0.25, 0.3) is 15.9 Å². The molecule has 1 aliphatic heterocycles. The molecule has 0 aliphatic carbocycles. The van der Waals surface area contributed by atoms with Crippen LogP contribution in [0.15, 0.2) is 58.9 Å². The highest BCUT2D eigenvalue weighted by Gasteiger charge is 2.25. The number of anilines is 2. The third kappa shape index (κ3) is 5.12. The van der Waals surface area contributed by atoms with Crippen molar-refractivity contribution in [1.82, 2.24) is 9.88 Å². The second kappa shape index (κ2) is 9.80. The van der Waals surface area contributed by atoms with Crippen molar-refractivity contribution in [2.24, 2.45) is 0 Å². The molecule has 0 spiro atoms. The molecule has 0 radical (unpaired) electrons. The molecule has 2 aromatic carbocycles. The number of hydrogen-bond acceptors (Lipinski definition) is 7. The molecule has 0 bridgehead atoms. The van der Waals surface area contributed by atoms with Crippen LogP contribution in [0.25, 0.3) is 0 Å². The van der Waals surface area contributed by atoms with Gasteiger partial charge in [-0.05, 0) is 43.2 Å². The molecule has 10 heteroatoms. The van der Waals surface area contributed by atoms with Gasteiger partial charge in [0.2, 0.25) is 0 Å². The summed E-state index contributed by atoms with van der Waals surface area (Å²) in [5, 5.41) is 2.90. The molecule has 8 nitrogen and oxygen atoms in total. The van der Waals surface area contributed by atoms with Gasteiger partial charge >= 0.3 is 0 Å². The van der Waals surface area contributed by atoms with Crippen LogP contribution in [-0.2, 0) is 10.0 Å². The molecule has 1 N–H and O–H groups in total. The Morgan fingerprint density at radius 1 is 1.12 bits per heavy atom. The summed E-state index contributed by atoms with van der Waals surface area (Å²) in [5.41, 5.74) is 1.24. The van der Waals surface area contributed by atoms with Crippen LogP contribution < -0.4 is 14.4 Å². The number of benzene rings is 2. The summed E-state index contributed by atoms with van der Waals surface area (Å²) in [4.78, 5) is 21.6. The maximum atomic E-state index is 13.3. The average molecular weight is 487 g/mol. The number of amides is 1. The minimum absolute atomic E-state index is 0.0680. The summed E-state index contributed by atoms with van der Waals surface area (Å²) >= 11 is 1.58. The van der Waals surface area contributed by atoms with E-state index < -0.39 is 10.0 Å². The zero-order chi connectivity index (χ0) is 23.4. The second-order valence-corrected chi connectivity index (χ2v) is 10.3. The summed E-state index contributed by atoms with van der Waals surface area (Å²) in [6.07, 6.45) is 2.60. The minimum Gasteiger partial charge on any atom is -0.495 e. The van der Waals surface area contributed by atoms with Crippen LogP contribution in [0, 0.1) is 6.92 Å². The minimum atomic E-state index is -3.92. The first-order valence-corrected chi connectivity index (χ1v) is 13.0. The predicted octanol–water partition coefficient (Wildman–Crippen LogP) is 3.61. The second-order valence-electron chi connectivity index (χ2n) is 7.73. The summed E-state index contributed by atoms with van der Waals surface area (Å²) < 4.78 is 34.2. The number of carbonyl (C=O) groups is 1. The number of carbonyl (C=O) groups excluding carboxylic acids is 1. The van der Waals surface area contributed by atoms with Gasteiger partial charge in [-0.25, -0.2) is 13.4 Å². The number of nitrogens with one attached hydrogen (secondary N) is 1. The Balaban J connectivity index is 1.54. The number of sulfonamides is 1. The van der Waals surface area contributed by atoms with Crippen molar-refractivity contribution in [2.75, 3.05) is 42.9 Å². The first-order valence-electron chi connectivity index (χ1n) is 10.6. The summed E-state index contributed by atoms with van der Waals surface area (Å²) in [6.45, 7) is 4.38. The van der Waals surface area contributed by atoms with Crippen molar-refractivity contribution in [3.05, 3.63) is 65.2 Å². The zero-order valence-corrected chi connectivity index (χ0v) is 20.2. The topological polar surface area (TPSA) is 91.8 Å². The molecule has 3 aromatic rings. The number of aryl methyl sites for hydroxylation is 1. The molecule has 1 saturated heterocycles. The fraction of sp³-hybridized carbons (Fsp3) is 0.304. The maximum absolute atomic E-state index is 13.3. The Bertz CT molecular complexity index is 1230. The van der Waals surface area contributed by atoms with Crippen molar-refractivity contribution in [1.29, 1.82) is 0 Å². The normalized spacial score (nSPS) is 14.6. The highest BCUT2D eigenvalue weighted by Crippen LogP contribution is 2.28. The molecule has 0 saturated carbocycles. The monoisotopic (exact) mass is 486 g/mol. The molecule has 4 rings (SSSR count). The first-order chi connectivity index (χ1) is 15.9. The highest BCUT2D eigenvalue weighted by molar-refractivity contribution is 7.92. The number of para-hydroxylation sites is 2. The van der Waals surface area contributed by atoms with Crippen LogP contribution in [0.1, 0.15) is 22.3 Å². The van der Waals surface area contributed by atoms with Crippen LogP contribution in [-0.4, -0.2) is 57.5 Å². The van der Waals surface area contributed by atoms with E-state index in [4.69, 9.17) is 4.74 Å². The first kappa shape index (κ1) is 23.1.